The van der Waals surface area contributed by atoms with E-state index in [2.05, 4.69) is 15.6 Å². The predicted molar refractivity (Wildman–Crippen MR) is 113 cm³/mol. The Kier molecular flexibility index (Phi) is 7.52. The molecule has 2 fully saturated rings. The third kappa shape index (κ3) is 4.75. The van der Waals surface area contributed by atoms with E-state index in [1.165, 1.54) is 0 Å². The Morgan fingerprint density at radius 3 is 2.63 bits per heavy atom. The average Bonchev–Trinajstić information content (AvgIpc) is 3.34. The van der Waals surface area contributed by atoms with Crippen molar-refractivity contribution in [3.8, 4) is 0 Å². The molecule has 1 amide bonds. The second kappa shape index (κ2) is 9.24. The van der Waals surface area contributed by atoms with Crippen LogP contribution >= 0.6 is 36.4 Å². The summed E-state index contributed by atoms with van der Waals surface area (Å²) in [4.78, 5) is 17.4. The molecule has 4 nitrogen and oxygen atoms in total. The number of piperidine rings is 1. The number of hydrogen-bond donors (Lipinski definition) is 2. The lowest BCUT2D eigenvalue weighted by Crippen LogP contribution is -2.35. The highest BCUT2D eigenvalue weighted by molar-refractivity contribution is 6.30. The Balaban J connectivity index is 0.00000131. The van der Waals surface area contributed by atoms with Gasteiger partial charge in [-0.25, -0.2) is 0 Å². The molecule has 7 heteroatoms. The van der Waals surface area contributed by atoms with E-state index < -0.39 is 0 Å². The summed E-state index contributed by atoms with van der Waals surface area (Å²) in [5.74, 6) is 0.262. The number of carbonyl (C=O) groups excluding carboxylic acids is 1. The molecule has 27 heavy (non-hydrogen) atoms. The van der Waals surface area contributed by atoms with Gasteiger partial charge in [-0.3, -0.25) is 9.78 Å². The van der Waals surface area contributed by atoms with Gasteiger partial charge in [0, 0.05) is 17.1 Å². The number of carbonyl (C=O) groups is 1. The number of benzene rings is 1. The maximum absolute atomic E-state index is 12.9. The molecule has 2 heterocycles. The minimum Gasteiger partial charge on any atom is -0.343 e. The van der Waals surface area contributed by atoms with Gasteiger partial charge in [-0.05, 0) is 67.6 Å². The number of pyridine rings is 1. The zero-order chi connectivity index (χ0) is 17.3. The molecule has 146 valence electrons. The van der Waals surface area contributed by atoms with Gasteiger partial charge in [0.2, 0.25) is 5.91 Å². The van der Waals surface area contributed by atoms with Crippen LogP contribution in [0.2, 0.25) is 5.02 Å². The molecule has 2 atom stereocenters. The molecule has 1 aliphatic carbocycles. The topological polar surface area (TPSA) is 54.0 Å². The fourth-order valence-electron chi connectivity index (χ4n) is 4.00. The van der Waals surface area contributed by atoms with Gasteiger partial charge < -0.3 is 10.6 Å². The quantitative estimate of drug-likeness (QED) is 0.768. The van der Waals surface area contributed by atoms with E-state index in [4.69, 9.17) is 11.6 Å². The third-order valence-corrected chi connectivity index (χ3v) is 5.79. The standard InChI is InChI=1S/C20H22ClN3O.2ClH/c21-15-5-3-4-14(12-15)18(17-6-1-2-9-23-17)24-19(25)16-13-20(16)7-10-22-11-8-20;;/h1-6,9,12,16,18,22H,7-8,10-11,13H2,(H,24,25);2*1H. The zero-order valence-corrected chi connectivity index (χ0v) is 17.2. The summed E-state index contributed by atoms with van der Waals surface area (Å²) < 4.78 is 0. The van der Waals surface area contributed by atoms with Crippen molar-refractivity contribution in [1.82, 2.24) is 15.6 Å². The van der Waals surface area contributed by atoms with Crippen LogP contribution in [0.5, 0.6) is 0 Å². The van der Waals surface area contributed by atoms with Crippen molar-refractivity contribution in [3.63, 3.8) is 0 Å². The minimum absolute atomic E-state index is 0. The first-order valence-corrected chi connectivity index (χ1v) is 9.23. The number of aromatic nitrogens is 1. The number of rotatable bonds is 4. The van der Waals surface area contributed by atoms with Gasteiger partial charge in [-0.2, -0.15) is 0 Å². The predicted octanol–water partition coefficient (Wildman–Crippen LogP) is 4.17. The SMILES string of the molecule is Cl.Cl.O=C(NC(c1cccc(Cl)c1)c1ccccn1)C1CC12CCNCC2. The van der Waals surface area contributed by atoms with Crippen LogP contribution in [0.1, 0.15) is 36.6 Å². The van der Waals surface area contributed by atoms with Crippen LogP contribution in [0, 0.1) is 11.3 Å². The van der Waals surface area contributed by atoms with Crippen molar-refractivity contribution < 1.29 is 4.79 Å². The van der Waals surface area contributed by atoms with Crippen LogP contribution in [0.4, 0.5) is 0 Å². The van der Waals surface area contributed by atoms with E-state index in [1.54, 1.807) is 6.20 Å². The van der Waals surface area contributed by atoms with E-state index in [-0.39, 0.29) is 48.1 Å². The summed E-state index contributed by atoms with van der Waals surface area (Å²) in [7, 11) is 0. The molecular weight excluding hydrogens is 405 g/mol. The van der Waals surface area contributed by atoms with Crippen LogP contribution in [0.25, 0.3) is 0 Å². The lowest BCUT2D eigenvalue weighted by molar-refractivity contribution is -0.123. The second-order valence-electron chi connectivity index (χ2n) is 7.12. The minimum atomic E-state index is -0.272. The highest BCUT2D eigenvalue weighted by atomic mass is 35.5. The second-order valence-corrected chi connectivity index (χ2v) is 7.56. The molecule has 1 saturated carbocycles. The Hall–Kier alpha value is -1.33. The maximum atomic E-state index is 12.9. The molecule has 1 saturated heterocycles. The van der Waals surface area contributed by atoms with E-state index in [0.717, 1.165) is 43.6 Å². The molecule has 0 radical (unpaired) electrons. The lowest BCUT2D eigenvalue weighted by Gasteiger charge is -2.24. The van der Waals surface area contributed by atoms with E-state index >= 15 is 0 Å². The summed E-state index contributed by atoms with van der Waals surface area (Å²) in [6, 6.07) is 13.1. The molecular formula is C20H24Cl3N3O. The first kappa shape index (κ1) is 22.0. The molecule has 1 aromatic heterocycles. The number of amides is 1. The average molecular weight is 429 g/mol. The van der Waals surface area contributed by atoms with Gasteiger partial charge in [-0.15, -0.1) is 24.8 Å². The fourth-order valence-corrected chi connectivity index (χ4v) is 4.20. The van der Waals surface area contributed by atoms with Crippen molar-refractivity contribution >= 4 is 42.3 Å². The van der Waals surface area contributed by atoms with Gasteiger partial charge in [0.15, 0.2) is 0 Å². The van der Waals surface area contributed by atoms with Crippen LogP contribution in [-0.4, -0.2) is 24.0 Å². The maximum Gasteiger partial charge on any atom is 0.224 e. The van der Waals surface area contributed by atoms with Crippen molar-refractivity contribution in [1.29, 1.82) is 0 Å². The van der Waals surface area contributed by atoms with Crippen molar-refractivity contribution in [2.45, 2.75) is 25.3 Å². The smallest absolute Gasteiger partial charge is 0.224 e. The van der Waals surface area contributed by atoms with Gasteiger partial charge in [0.25, 0.3) is 0 Å². The number of halogens is 3. The van der Waals surface area contributed by atoms with Crippen LogP contribution < -0.4 is 10.6 Å². The normalized spacial score (nSPS) is 20.7. The Morgan fingerprint density at radius 1 is 1.19 bits per heavy atom. The van der Waals surface area contributed by atoms with Gasteiger partial charge in [0.1, 0.15) is 0 Å². The number of hydrogen-bond acceptors (Lipinski definition) is 3. The Labute approximate surface area is 177 Å². The molecule has 2 aromatic rings. The molecule has 2 unspecified atom stereocenters. The molecule has 0 bridgehead atoms. The largest absolute Gasteiger partial charge is 0.343 e. The highest BCUT2D eigenvalue weighted by Crippen LogP contribution is 2.58. The highest BCUT2D eigenvalue weighted by Gasteiger charge is 2.57. The Bertz CT molecular complexity index is 766. The number of nitrogens with one attached hydrogen (secondary N) is 2. The van der Waals surface area contributed by atoms with Crippen LogP contribution in [0.3, 0.4) is 0 Å². The van der Waals surface area contributed by atoms with Crippen LogP contribution in [-0.2, 0) is 4.79 Å². The summed E-state index contributed by atoms with van der Waals surface area (Å²) in [6.45, 7) is 2.03. The van der Waals surface area contributed by atoms with Gasteiger partial charge in [0.05, 0.1) is 11.7 Å². The summed E-state index contributed by atoms with van der Waals surface area (Å²) >= 11 is 6.16. The first-order valence-electron chi connectivity index (χ1n) is 8.85. The van der Waals surface area contributed by atoms with Gasteiger partial charge >= 0.3 is 0 Å². The molecule has 1 aliphatic heterocycles. The van der Waals surface area contributed by atoms with Crippen molar-refractivity contribution in [2.75, 3.05) is 13.1 Å². The van der Waals surface area contributed by atoms with E-state index in [0.29, 0.717) is 5.02 Å². The molecule has 1 spiro atoms. The summed E-state index contributed by atoms with van der Waals surface area (Å²) in [6.07, 6.45) is 4.95. The van der Waals surface area contributed by atoms with E-state index in [1.807, 2.05) is 42.5 Å². The molecule has 1 aromatic carbocycles. The molecule has 2 N–H and O–H groups in total. The fraction of sp³-hybridized carbons (Fsp3) is 0.400. The van der Waals surface area contributed by atoms with Crippen molar-refractivity contribution in [2.24, 2.45) is 11.3 Å². The number of nitrogens with zero attached hydrogens (tertiary/aromatic N) is 1. The first-order chi connectivity index (χ1) is 12.2. The summed E-state index contributed by atoms with van der Waals surface area (Å²) in [5, 5.41) is 7.27. The third-order valence-electron chi connectivity index (χ3n) is 5.56. The lowest BCUT2D eigenvalue weighted by atomic mass is 9.91. The summed E-state index contributed by atoms with van der Waals surface area (Å²) in [5.41, 5.74) is 2.01. The van der Waals surface area contributed by atoms with Gasteiger partial charge in [-0.1, -0.05) is 29.8 Å². The van der Waals surface area contributed by atoms with Crippen molar-refractivity contribution in [3.05, 3.63) is 64.9 Å². The van der Waals surface area contributed by atoms with Crippen LogP contribution in [0.15, 0.2) is 48.7 Å². The monoisotopic (exact) mass is 427 g/mol. The Morgan fingerprint density at radius 2 is 1.96 bits per heavy atom. The molecule has 2 aliphatic rings. The molecule has 4 rings (SSSR count). The van der Waals surface area contributed by atoms with E-state index in [9.17, 15) is 4.79 Å². The zero-order valence-electron chi connectivity index (χ0n) is 14.9.